The van der Waals surface area contributed by atoms with E-state index in [9.17, 15) is 9.59 Å². The second-order valence-corrected chi connectivity index (χ2v) is 6.98. The third-order valence-corrected chi connectivity index (χ3v) is 4.71. The standard InChI is InChI=1S/C25H21N3O3/c29-24-5-1-2-15-28(24)18-20-8-6-19(7-9-20)16-27-25(30)21-10-12-22(13-11-21)31-23-4-3-14-26-17-23/h1-15,17H,16,18H2,(H,27,30). The normalized spacial score (nSPS) is 10.5. The first-order valence-corrected chi connectivity index (χ1v) is 9.87. The van der Waals surface area contributed by atoms with E-state index in [4.69, 9.17) is 4.74 Å². The minimum atomic E-state index is -0.159. The first kappa shape index (κ1) is 20.1. The third-order valence-electron chi connectivity index (χ3n) is 4.71. The molecule has 0 saturated heterocycles. The van der Waals surface area contributed by atoms with Crippen LogP contribution in [-0.4, -0.2) is 15.5 Å². The average Bonchev–Trinajstić information content (AvgIpc) is 2.81. The zero-order valence-corrected chi connectivity index (χ0v) is 16.8. The van der Waals surface area contributed by atoms with Crippen LogP contribution in [0.3, 0.4) is 0 Å². The van der Waals surface area contributed by atoms with Crippen molar-refractivity contribution >= 4 is 5.91 Å². The maximum absolute atomic E-state index is 12.4. The zero-order valence-electron chi connectivity index (χ0n) is 16.8. The molecule has 2 aromatic heterocycles. The number of ether oxygens (including phenoxy) is 1. The summed E-state index contributed by atoms with van der Waals surface area (Å²) in [6.45, 7) is 0.929. The molecule has 0 atom stereocenters. The first-order chi connectivity index (χ1) is 15.2. The van der Waals surface area contributed by atoms with E-state index >= 15 is 0 Å². The highest BCUT2D eigenvalue weighted by Crippen LogP contribution is 2.20. The molecular formula is C25H21N3O3. The molecule has 0 aliphatic rings. The third kappa shape index (κ3) is 5.45. The molecule has 0 aliphatic heterocycles. The van der Waals surface area contributed by atoms with Crippen LogP contribution in [-0.2, 0) is 13.1 Å². The van der Waals surface area contributed by atoms with Crippen molar-refractivity contribution in [3.05, 3.63) is 124 Å². The Morgan fingerprint density at radius 2 is 1.65 bits per heavy atom. The Labute approximate surface area is 179 Å². The number of benzene rings is 2. The summed E-state index contributed by atoms with van der Waals surface area (Å²) in [7, 11) is 0. The molecule has 154 valence electrons. The molecule has 0 radical (unpaired) electrons. The average molecular weight is 411 g/mol. The lowest BCUT2D eigenvalue weighted by atomic mass is 10.1. The Bertz CT molecular complexity index is 1200. The van der Waals surface area contributed by atoms with Gasteiger partial charge in [0.1, 0.15) is 11.5 Å². The van der Waals surface area contributed by atoms with Gasteiger partial charge in [0.05, 0.1) is 12.7 Å². The van der Waals surface area contributed by atoms with Gasteiger partial charge in [-0.3, -0.25) is 14.6 Å². The van der Waals surface area contributed by atoms with Crippen molar-refractivity contribution in [2.45, 2.75) is 13.1 Å². The molecule has 0 unspecified atom stereocenters. The maximum atomic E-state index is 12.4. The van der Waals surface area contributed by atoms with Gasteiger partial charge in [-0.15, -0.1) is 0 Å². The van der Waals surface area contributed by atoms with Crippen molar-refractivity contribution in [2.75, 3.05) is 0 Å². The Hall–Kier alpha value is -4.19. The molecule has 31 heavy (non-hydrogen) atoms. The summed E-state index contributed by atoms with van der Waals surface area (Å²) < 4.78 is 7.34. The van der Waals surface area contributed by atoms with E-state index in [-0.39, 0.29) is 11.5 Å². The number of pyridine rings is 2. The quantitative estimate of drug-likeness (QED) is 0.499. The number of hydrogen-bond donors (Lipinski definition) is 1. The Morgan fingerprint density at radius 3 is 2.35 bits per heavy atom. The van der Waals surface area contributed by atoms with Crippen LogP contribution < -0.4 is 15.6 Å². The number of nitrogens with one attached hydrogen (secondary N) is 1. The molecule has 2 aromatic carbocycles. The summed E-state index contributed by atoms with van der Waals surface area (Å²) in [4.78, 5) is 28.3. The lowest BCUT2D eigenvalue weighted by Gasteiger charge is -2.09. The van der Waals surface area contributed by atoms with Crippen LogP contribution in [0.15, 0.2) is 102 Å². The number of rotatable bonds is 7. The van der Waals surface area contributed by atoms with E-state index in [0.717, 1.165) is 11.1 Å². The van der Waals surface area contributed by atoms with Crippen molar-refractivity contribution in [1.82, 2.24) is 14.9 Å². The molecule has 0 saturated carbocycles. The summed E-state index contributed by atoms with van der Waals surface area (Å²) in [6.07, 6.45) is 5.08. The second kappa shape index (κ2) is 9.54. The van der Waals surface area contributed by atoms with Crippen LogP contribution in [0.5, 0.6) is 11.5 Å². The lowest BCUT2D eigenvalue weighted by molar-refractivity contribution is 0.0951. The van der Waals surface area contributed by atoms with Gasteiger partial charge in [0, 0.05) is 30.6 Å². The SMILES string of the molecule is O=C(NCc1ccc(Cn2ccccc2=O)cc1)c1ccc(Oc2cccnc2)cc1. The van der Waals surface area contributed by atoms with Crippen molar-refractivity contribution in [1.29, 1.82) is 0 Å². The molecule has 0 spiro atoms. The fourth-order valence-corrected chi connectivity index (χ4v) is 3.05. The minimum Gasteiger partial charge on any atom is -0.456 e. The van der Waals surface area contributed by atoms with Crippen LogP contribution in [0, 0.1) is 0 Å². The highest BCUT2D eigenvalue weighted by molar-refractivity contribution is 5.94. The van der Waals surface area contributed by atoms with Gasteiger partial charge in [-0.25, -0.2) is 0 Å². The summed E-state index contributed by atoms with van der Waals surface area (Å²) in [5.74, 6) is 1.12. The topological polar surface area (TPSA) is 73.2 Å². The van der Waals surface area contributed by atoms with Gasteiger partial charge < -0.3 is 14.6 Å². The van der Waals surface area contributed by atoms with Crippen molar-refractivity contribution in [3.63, 3.8) is 0 Å². The first-order valence-electron chi connectivity index (χ1n) is 9.87. The number of carbonyl (C=O) groups is 1. The van der Waals surface area contributed by atoms with Crippen molar-refractivity contribution in [2.24, 2.45) is 0 Å². The molecule has 4 rings (SSSR count). The van der Waals surface area contributed by atoms with Gasteiger partial charge in [0.25, 0.3) is 11.5 Å². The Kier molecular flexibility index (Phi) is 6.18. The number of nitrogens with zero attached hydrogens (tertiary/aromatic N) is 2. The summed E-state index contributed by atoms with van der Waals surface area (Å²) in [5, 5.41) is 2.92. The van der Waals surface area contributed by atoms with Gasteiger partial charge in [-0.2, -0.15) is 0 Å². The van der Waals surface area contributed by atoms with E-state index in [1.807, 2.05) is 36.4 Å². The van der Waals surface area contributed by atoms with Gasteiger partial charge in [-0.05, 0) is 53.6 Å². The van der Waals surface area contributed by atoms with E-state index in [2.05, 4.69) is 10.3 Å². The smallest absolute Gasteiger partial charge is 0.251 e. The van der Waals surface area contributed by atoms with Crippen molar-refractivity contribution in [3.8, 4) is 11.5 Å². The van der Waals surface area contributed by atoms with E-state index in [1.54, 1.807) is 65.6 Å². The molecule has 6 heteroatoms. The van der Waals surface area contributed by atoms with Gasteiger partial charge in [-0.1, -0.05) is 30.3 Å². The van der Waals surface area contributed by atoms with Crippen molar-refractivity contribution < 1.29 is 9.53 Å². The van der Waals surface area contributed by atoms with Crippen LogP contribution in [0.25, 0.3) is 0 Å². The number of carbonyl (C=O) groups excluding carboxylic acids is 1. The molecule has 0 aliphatic carbocycles. The fraction of sp³-hybridized carbons (Fsp3) is 0.0800. The highest BCUT2D eigenvalue weighted by Gasteiger charge is 2.06. The molecule has 6 nitrogen and oxygen atoms in total. The van der Waals surface area contributed by atoms with E-state index in [1.165, 1.54) is 0 Å². The monoisotopic (exact) mass is 411 g/mol. The second-order valence-electron chi connectivity index (χ2n) is 6.98. The fourth-order valence-electron chi connectivity index (χ4n) is 3.05. The molecular weight excluding hydrogens is 390 g/mol. The number of aromatic nitrogens is 2. The van der Waals surface area contributed by atoms with Crippen LogP contribution in [0.2, 0.25) is 0 Å². The lowest BCUT2D eigenvalue weighted by Crippen LogP contribution is -2.22. The predicted octanol–water partition coefficient (Wildman–Crippen LogP) is 4.01. The van der Waals surface area contributed by atoms with E-state index in [0.29, 0.717) is 30.2 Å². The predicted molar refractivity (Wildman–Crippen MR) is 118 cm³/mol. The molecule has 0 bridgehead atoms. The molecule has 1 N–H and O–H groups in total. The maximum Gasteiger partial charge on any atom is 0.251 e. The molecule has 0 fully saturated rings. The van der Waals surface area contributed by atoms with Gasteiger partial charge in [0.2, 0.25) is 0 Å². The van der Waals surface area contributed by atoms with Gasteiger partial charge >= 0.3 is 0 Å². The van der Waals surface area contributed by atoms with Crippen LogP contribution >= 0.6 is 0 Å². The number of hydrogen-bond acceptors (Lipinski definition) is 4. The molecule has 2 heterocycles. The zero-order chi connectivity index (χ0) is 21.5. The Morgan fingerprint density at radius 1 is 0.871 bits per heavy atom. The number of amides is 1. The summed E-state index contributed by atoms with van der Waals surface area (Å²) in [5.41, 5.74) is 2.52. The molecule has 1 amide bonds. The van der Waals surface area contributed by atoms with Gasteiger partial charge in [0.15, 0.2) is 0 Å². The summed E-state index contributed by atoms with van der Waals surface area (Å²) in [6, 6.07) is 23.5. The molecule has 4 aromatic rings. The van der Waals surface area contributed by atoms with Crippen LogP contribution in [0.1, 0.15) is 21.5 Å². The summed E-state index contributed by atoms with van der Waals surface area (Å²) >= 11 is 0. The minimum absolute atomic E-state index is 0.0318. The highest BCUT2D eigenvalue weighted by atomic mass is 16.5. The van der Waals surface area contributed by atoms with Crippen LogP contribution in [0.4, 0.5) is 0 Å². The largest absolute Gasteiger partial charge is 0.456 e. The van der Waals surface area contributed by atoms with E-state index < -0.39 is 0 Å². The Balaban J connectivity index is 1.31.